The molecule has 0 aliphatic heterocycles. The number of H-pyrrole nitrogens is 1. The van der Waals surface area contributed by atoms with E-state index in [1.54, 1.807) is 43.3 Å². The van der Waals surface area contributed by atoms with Crippen molar-refractivity contribution in [2.75, 3.05) is 5.32 Å². The predicted octanol–water partition coefficient (Wildman–Crippen LogP) is 6.13. The van der Waals surface area contributed by atoms with Gasteiger partial charge in [0.15, 0.2) is 11.5 Å². The topological polar surface area (TPSA) is 128 Å². The molecule has 0 radical (unpaired) electrons. The molecule has 0 atom stereocenters. The highest BCUT2D eigenvalue weighted by molar-refractivity contribution is 6.06. The van der Waals surface area contributed by atoms with Crippen LogP contribution in [0.25, 0.3) is 22.0 Å². The van der Waals surface area contributed by atoms with E-state index in [4.69, 9.17) is 9.52 Å². The van der Waals surface area contributed by atoms with Crippen LogP contribution in [0.1, 0.15) is 48.7 Å². The molecule has 0 fully saturated rings. The Hall–Kier alpha value is -4.33. The number of benzene rings is 1. The third-order valence-electron chi connectivity index (χ3n) is 4.18. The number of carbonyl (C=O) groups is 2. The molecule has 8 heteroatoms. The van der Waals surface area contributed by atoms with Crippen LogP contribution in [0.2, 0.25) is 0 Å². The molecule has 33 heavy (non-hydrogen) atoms. The lowest BCUT2D eigenvalue weighted by Crippen LogP contribution is -2.12. The van der Waals surface area contributed by atoms with Crippen molar-refractivity contribution < 1.29 is 24.2 Å². The third-order valence-corrected chi connectivity index (χ3v) is 4.18. The standard InChI is InChI=1S/C18H13N3O4.C5H8O.C2H6/c1-9(22)16-7-11-4-12(8-19-18(11)25-16)20-17(24)15-6-10-5-13(23)2-3-14(10)21-15;1-3-4-5(2)6;1-2/h2-8,21,23H,1H3,(H,20,24);3-4,6H,1H2,2H3;1-2H3/b;5-4+;. The number of Topliss-reactive ketones (excluding diaryl/α,β-unsaturated/α-hetero) is 1. The molecule has 3 aromatic heterocycles. The molecule has 0 saturated carbocycles. The van der Waals surface area contributed by atoms with E-state index in [0.29, 0.717) is 28.2 Å². The molecule has 0 unspecified atom stereocenters. The molecule has 1 aromatic carbocycles. The maximum Gasteiger partial charge on any atom is 0.272 e. The number of carbonyl (C=O) groups excluding carboxylic acids is 2. The molecule has 172 valence electrons. The fourth-order valence-electron chi connectivity index (χ4n) is 2.79. The van der Waals surface area contributed by atoms with Gasteiger partial charge in [-0.15, -0.1) is 0 Å². The highest BCUT2D eigenvalue weighted by atomic mass is 16.4. The number of amides is 1. The molecular weight excluding hydrogens is 422 g/mol. The van der Waals surface area contributed by atoms with Gasteiger partial charge in [-0.1, -0.05) is 26.5 Å². The number of nitrogens with zero attached hydrogens (tertiary/aromatic N) is 1. The Balaban J connectivity index is 0.000000421. The average molecular weight is 450 g/mol. The van der Waals surface area contributed by atoms with Crippen molar-refractivity contribution in [2.45, 2.75) is 27.7 Å². The summed E-state index contributed by atoms with van der Waals surface area (Å²) in [5.74, 6) is 0.123. The number of anilines is 1. The number of aromatic hydroxyl groups is 1. The van der Waals surface area contributed by atoms with Gasteiger partial charge in [-0.2, -0.15) is 0 Å². The normalized spacial score (nSPS) is 10.6. The van der Waals surface area contributed by atoms with E-state index in [0.717, 1.165) is 10.9 Å². The number of aromatic amines is 1. The first-order chi connectivity index (χ1) is 15.8. The Morgan fingerprint density at radius 3 is 2.45 bits per heavy atom. The summed E-state index contributed by atoms with van der Waals surface area (Å²) in [5.41, 5.74) is 1.92. The van der Waals surface area contributed by atoms with Crippen LogP contribution in [-0.2, 0) is 0 Å². The van der Waals surface area contributed by atoms with Gasteiger partial charge in [0, 0.05) is 23.2 Å². The fourth-order valence-corrected chi connectivity index (χ4v) is 2.79. The van der Waals surface area contributed by atoms with E-state index >= 15 is 0 Å². The van der Waals surface area contributed by atoms with Gasteiger partial charge < -0.3 is 24.9 Å². The van der Waals surface area contributed by atoms with E-state index in [9.17, 15) is 14.7 Å². The van der Waals surface area contributed by atoms with E-state index < -0.39 is 0 Å². The lowest BCUT2D eigenvalue weighted by atomic mass is 10.2. The minimum atomic E-state index is -0.341. The quantitative estimate of drug-likeness (QED) is 0.168. The molecule has 3 heterocycles. The number of allylic oxidation sites excluding steroid dienone is 3. The molecule has 0 bridgehead atoms. The van der Waals surface area contributed by atoms with E-state index in [1.807, 2.05) is 13.8 Å². The SMILES string of the molecule is C=C/C=C(\C)O.CC.CC(=O)c1cc2cc(NC(=O)c3cc4cc(O)ccc4[nH]3)cnc2o1. The smallest absolute Gasteiger partial charge is 0.272 e. The second kappa shape index (κ2) is 11.3. The molecular formula is C25H27N3O5. The summed E-state index contributed by atoms with van der Waals surface area (Å²) < 4.78 is 5.32. The van der Waals surface area contributed by atoms with Gasteiger partial charge in [-0.05, 0) is 49.4 Å². The molecule has 1 amide bonds. The van der Waals surface area contributed by atoms with Gasteiger partial charge >= 0.3 is 0 Å². The minimum absolute atomic E-state index is 0.134. The van der Waals surface area contributed by atoms with Gasteiger partial charge in [0.2, 0.25) is 5.71 Å². The second-order valence-electron chi connectivity index (χ2n) is 6.74. The number of phenols is 1. The molecule has 0 aliphatic carbocycles. The van der Waals surface area contributed by atoms with Crippen molar-refractivity contribution in [3.63, 3.8) is 0 Å². The first-order valence-corrected chi connectivity index (χ1v) is 10.3. The number of nitrogens with one attached hydrogen (secondary N) is 2. The molecule has 4 rings (SSSR count). The number of furan rings is 1. The van der Waals surface area contributed by atoms with Gasteiger partial charge in [-0.3, -0.25) is 9.59 Å². The summed E-state index contributed by atoms with van der Waals surface area (Å²) in [7, 11) is 0. The minimum Gasteiger partial charge on any atom is -0.513 e. The van der Waals surface area contributed by atoms with E-state index in [1.165, 1.54) is 25.3 Å². The summed E-state index contributed by atoms with van der Waals surface area (Å²) in [5, 5.41) is 21.9. The van der Waals surface area contributed by atoms with Crippen molar-refractivity contribution in [1.29, 1.82) is 0 Å². The molecule has 4 aromatic rings. The van der Waals surface area contributed by atoms with E-state index in [2.05, 4.69) is 21.9 Å². The number of fused-ring (bicyclic) bond motifs is 2. The van der Waals surface area contributed by atoms with Crippen molar-refractivity contribution in [1.82, 2.24) is 9.97 Å². The van der Waals surface area contributed by atoms with Crippen molar-refractivity contribution in [3.05, 3.63) is 78.5 Å². The van der Waals surface area contributed by atoms with Crippen LogP contribution in [0.3, 0.4) is 0 Å². The zero-order valence-electron chi connectivity index (χ0n) is 19.0. The summed E-state index contributed by atoms with van der Waals surface area (Å²) >= 11 is 0. The molecule has 4 N–H and O–H groups in total. The maximum absolute atomic E-state index is 12.4. The Morgan fingerprint density at radius 2 is 1.85 bits per heavy atom. The van der Waals surface area contributed by atoms with Crippen LogP contribution < -0.4 is 5.32 Å². The number of hydrogen-bond donors (Lipinski definition) is 4. The lowest BCUT2D eigenvalue weighted by Gasteiger charge is -2.02. The molecule has 0 saturated heterocycles. The molecule has 8 nitrogen and oxygen atoms in total. The fraction of sp³-hybridized carbons (Fsp3) is 0.160. The van der Waals surface area contributed by atoms with Crippen molar-refractivity contribution >= 4 is 39.4 Å². The predicted molar refractivity (Wildman–Crippen MR) is 130 cm³/mol. The first-order valence-electron chi connectivity index (χ1n) is 10.3. The van der Waals surface area contributed by atoms with Crippen LogP contribution >= 0.6 is 0 Å². The summed E-state index contributed by atoms with van der Waals surface area (Å²) in [6, 6.07) is 9.75. The second-order valence-corrected chi connectivity index (χ2v) is 6.74. The average Bonchev–Trinajstić information content (AvgIpc) is 3.39. The zero-order valence-corrected chi connectivity index (χ0v) is 19.0. The van der Waals surface area contributed by atoms with Crippen LogP contribution in [0.4, 0.5) is 5.69 Å². The van der Waals surface area contributed by atoms with Crippen molar-refractivity contribution in [3.8, 4) is 5.75 Å². The Labute approximate surface area is 191 Å². The lowest BCUT2D eigenvalue weighted by molar-refractivity contribution is 0.0987. The Bertz CT molecular complexity index is 1310. The number of aliphatic hydroxyl groups excluding tert-OH is 1. The largest absolute Gasteiger partial charge is 0.513 e. The summed E-state index contributed by atoms with van der Waals surface area (Å²) in [6.07, 6.45) is 4.53. The third kappa shape index (κ3) is 6.57. The van der Waals surface area contributed by atoms with Crippen LogP contribution in [0.15, 0.2) is 71.5 Å². The van der Waals surface area contributed by atoms with Crippen molar-refractivity contribution in [2.24, 2.45) is 0 Å². The van der Waals surface area contributed by atoms with Crippen LogP contribution in [0.5, 0.6) is 5.75 Å². The number of pyridine rings is 1. The summed E-state index contributed by atoms with van der Waals surface area (Å²) in [4.78, 5) is 30.9. The number of hydrogen-bond acceptors (Lipinski definition) is 6. The Kier molecular flexibility index (Phi) is 8.56. The number of aliphatic hydroxyl groups is 1. The number of ketones is 1. The first kappa shape index (κ1) is 24.9. The van der Waals surface area contributed by atoms with E-state index in [-0.39, 0.29) is 23.2 Å². The number of phenolic OH excluding ortho intramolecular Hbond substituents is 1. The van der Waals surface area contributed by atoms with Gasteiger partial charge in [-0.25, -0.2) is 4.98 Å². The molecule has 0 aliphatic rings. The zero-order chi connectivity index (χ0) is 24.5. The van der Waals surface area contributed by atoms with Gasteiger partial charge in [0.05, 0.1) is 17.6 Å². The number of aromatic nitrogens is 2. The molecule has 0 spiro atoms. The van der Waals surface area contributed by atoms with Crippen LogP contribution in [-0.4, -0.2) is 31.9 Å². The summed E-state index contributed by atoms with van der Waals surface area (Å²) in [6.45, 7) is 10.4. The monoisotopic (exact) mass is 449 g/mol. The maximum atomic E-state index is 12.4. The van der Waals surface area contributed by atoms with Gasteiger partial charge in [0.1, 0.15) is 11.4 Å². The Morgan fingerprint density at radius 1 is 1.12 bits per heavy atom. The highest BCUT2D eigenvalue weighted by Crippen LogP contribution is 2.23. The van der Waals surface area contributed by atoms with Crippen LogP contribution in [0, 0.1) is 0 Å². The highest BCUT2D eigenvalue weighted by Gasteiger charge is 2.13. The number of rotatable bonds is 4. The van der Waals surface area contributed by atoms with Gasteiger partial charge in [0.25, 0.3) is 5.91 Å².